The Morgan fingerprint density at radius 1 is 1.23 bits per heavy atom. The molecule has 1 aromatic rings. The molecule has 13 heavy (non-hydrogen) atoms. The maximum Gasteiger partial charge on any atom is 0.00278 e. The molecule has 0 aromatic heterocycles. The first-order valence-corrected chi connectivity index (χ1v) is 4.57. The third-order valence-corrected chi connectivity index (χ3v) is 2.24. The van der Waals surface area contributed by atoms with E-state index >= 15 is 0 Å². The van der Waals surface area contributed by atoms with Gasteiger partial charge in [0.1, 0.15) is 0 Å². The van der Waals surface area contributed by atoms with Gasteiger partial charge in [0, 0.05) is 7.05 Å². The summed E-state index contributed by atoms with van der Waals surface area (Å²) < 4.78 is 0. The highest BCUT2D eigenvalue weighted by molar-refractivity contribution is 5.68. The summed E-state index contributed by atoms with van der Waals surface area (Å²) in [6, 6.07) is 6.39. The molecule has 0 spiro atoms. The van der Waals surface area contributed by atoms with E-state index in [2.05, 4.69) is 44.3 Å². The molecule has 0 atom stereocenters. The van der Waals surface area contributed by atoms with Crippen molar-refractivity contribution in [3.8, 4) is 0 Å². The molecule has 0 aliphatic carbocycles. The van der Waals surface area contributed by atoms with E-state index in [9.17, 15) is 0 Å². The molecule has 70 valence electrons. The van der Waals surface area contributed by atoms with Crippen LogP contribution in [0.15, 0.2) is 24.4 Å². The minimum absolute atomic E-state index is 1.29. The number of hydrogen-bond donors (Lipinski definition) is 1. The molecule has 1 rings (SSSR count). The van der Waals surface area contributed by atoms with Gasteiger partial charge in [0.25, 0.3) is 0 Å². The average molecular weight is 175 g/mol. The summed E-state index contributed by atoms with van der Waals surface area (Å²) in [4.78, 5) is 0. The number of allylic oxidation sites excluding steroid dienone is 1. The molecule has 1 aromatic carbocycles. The van der Waals surface area contributed by atoms with Crippen molar-refractivity contribution in [1.82, 2.24) is 5.32 Å². The van der Waals surface area contributed by atoms with Crippen LogP contribution in [-0.2, 0) is 0 Å². The molecule has 0 heterocycles. The van der Waals surface area contributed by atoms with Gasteiger partial charge in [-0.3, -0.25) is 0 Å². The van der Waals surface area contributed by atoms with Gasteiger partial charge < -0.3 is 5.32 Å². The van der Waals surface area contributed by atoms with Gasteiger partial charge in [-0.2, -0.15) is 0 Å². The third kappa shape index (κ3) is 2.11. The molecule has 0 aliphatic rings. The Morgan fingerprint density at radius 2 is 1.77 bits per heavy atom. The normalized spacial score (nSPS) is 11.5. The second-order valence-corrected chi connectivity index (χ2v) is 3.38. The second-order valence-electron chi connectivity index (χ2n) is 3.38. The highest BCUT2D eigenvalue weighted by Crippen LogP contribution is 2.21. The molecular formula is C12H17N. The lowest BCUT2D eigenvalue weighted by Gasteiger charge is -2.09. The van der Waals surface area contributed by atoms with Crippen LogP contribution < -0.4 is 5.32 Å². The third-order valence-electron chi connectivity index (χ3n) is 2.24. The quantitative estimate of drug-likeness (QED) is 0.728. The molecule has 0 radical (unpaired) electrons. The largest absolute Gasteiger partial charge is 0.394 e. The molecular weight excluding hydrogens is 158 g/mol. The van der Waals surface area contributed by atoms with Crippen LogP contribution in [0.1, 0.15) is 23.6 Å². The summed E-state index contributed by atoms with van der Waals surface area (Å²) in [6.45, 7) is 6.43. The van der Waals surface area contributed by atoms with Crippen LogP contribution in [-0.4, -0.2) is 7.05 Å². The molecule has 1 N–H and O–H groups in total. The SMILES string of the molecule is CN/C=C(\C)c1c(C)cccc1C. The van der Waals surface area contributed by atoms with Gasteiger partial charge in [-0.15, -0.1) is 0 Å². The van der Waals surface area contributed by atoms with Crippen molar-refractivity contribution in [2.24, 2.45) is 0 Å². The van der Waals surface area contributed by atoms with Crippen LogP contribution in [0.5, 0.6) is 0 Å². The van der Waals surface area contributed by atoms with E-state index in [1.54, 1.807) is 0 Å². The smallest absolute Gasteiger partial charge is 0.00278 e. The summed E-state index contributed by atoms with van der Waals surface area (Å²) in [5.74, 6) is 0. The number of nitrogens with one attached hydrogen (secondary N) is 1. The van der Waals surface area contributed by atoms with Gasteiger partial charge >= 0.3 is 0 Å². The predicted molar refractivity (Wildman–Crippen MR) is 58.6 cm³/mol. The van der Waals surface area contributed by atoms with Gasteiger partial charge in [0.2, 0.25) is 0 Å². The predicted octanol–water partition coefficient (Wildman–Crippen LogP) is 2.88. The molecule has 1 heteroatoms. The van der Waals surface area contributed by atoms with E-state index in [4.69, 9.17) is 0 Å². The Bertz CT molecular complexity index is 304. The topological polar surface area (TPSA) is 12.0 Å². The number of hydrogen-bond acceptors (Lipinski definition) is 1. The molecule has 0 fully saturated rings. The Morgan fingerprint density at radius 3 is 2.23 bits per heavy atom. The van der Waals surface area contributed by atoms with E-state index < -0.39 is 0 Å². The van der Waals surface area contributed by atoms with Crippen LogP contribution in [0, 0.1) is 13.8 Å². The lowest BCUT2D eigenvalue weighted by molar-refractivity contribution is 1.10. The average Bonchev–Trinajstić information content (AvgIpc) is 2.04. The number of rotatable bonds is 2. The summed E-state index contributed by atoms with van der Waals surface area (Å²) in [5, 5.41) is 3.06. The van der Waals surface area contributed by atoms with Crippen LogP contribution in [0.3, 0.4) is 0 Å². The lowest BCUT2D eigenvalue weighted by atomic mass is 9.97. The Labute approximate surface area is 80.5 Å². The van der Waals surface area contributed by atoms with Crippen molar-refractivity contribution in [2.45, 2.75) is 20.8 Å². The lowest BCUT2D eigenvalue weighted by Crippen LogP contribution is -1.97. The van der Waals surface area contributed by atoms with Crippen molar-refractivity contribution >= 4 is 5.57 Å². The molecule has 0 bridgehead atoms. The van der Waals surface area contributed by atoms with E-state index in [1.807, 2.05) is 13.2 Å². The minimum atomic E-state index is 1.29. The van der Waals surface area contributed by atoms with Gasteiger partial charge in [-0.25, -0.2) is 0 Å². The van der Waals surface area contributed by atoms with Crippen LogP contribution in [0.4, 0.5) is 0 Å². The first kappa shape index (κ1) is 9.85. The van der Waals surface area contributed by atoms with E-state index in [0.717, 1.165) is 0 Å². The first-order valence-electron chi connectivity index (χ1n) is 4.57. The zero-order valence-electron chi connectivity index (χ0n) is 8.81. The molecule has 0 aliphatic heterocycles. The summed E-state index contributed by atoms with van der Waals surface area (Å²) in [5.41, 5.74) is 5.32. The van der Waals surface area contributed by atoms with Gasteiger partial charge in [0.05, 0.1) is 0 Å². The van der Waals surface area contributed by atoms with E-state index in [0.29, 0.717) is 0 Å². The molecule has 0 saturated heterocycles. The van der Waals surface area contributed by atoms with Gasteiger partial charge in [0.15, 0.2) is 0 Å². The Balaban J connectivity index is 3.20. The summed E-state index contributed by atoms with van der Waals surface area (Å²) in [6.07, 6.45) is 2.04. The summed E-state index contributed by atoms with van der Waals surface area (Å²) >= 11 is 0. The zero-order chi connectivity index (χ0) is 9.84. The van der Waals surface area contributed by atoms with Crippen molar-refractivity contribution < 1.29 is 0 Å². The van der Waals surface area contributed by atoms with Gasteiger partial charge in [-0.05, 0) is 49.2 Å². The standard InChI is InChI=1S/C12H17N/c1-9-6-5-7-10(2)12(9)11(3)8-13-4/h5-8,13H,1-4H3/b11-8+. The maximum absolute atomic E-state index is 3.06. The van der Waals surface area contributed by atoms with Crippen LogP contribution >= 0.6 is 0 Å². The number of benzene rings is 1. The second kappa shape index (κ2) is 4.13. The first-order chi connectivity index (χ1) is 6.16. The molecule has 1 nitrogen and oxygen atoms in total. The van der Waals surface area contributed by atoms with Crippen molar-refractivity contribution in [2.75, 3.05) is 7.05 Å². The number of aryl methyl sites for hydroxylation is 2. The van der Waals surface area contributed by atoms with Crippen molar-refractivity contribution in [3.05, 3.63) is 41.1 Å². The molecule has 0 unspecified atom stereocenters. The fraction of sp³-hybridized carbons (Fsp3) is 0.333. The van der Waals surface area contributed by atoms with Crippen LogP contribution in [0.2, 0.25) is 0 Å². The van der Waals surface area contributed by atoms with E-state index in [1.165, 1.54) is 22.3 Å². The van der Waals surface area contributed by atoms with E-state index in [-0.39, 0.29) is 0 Å². The Kier molecular flexibility index (Phi) is 3.13. The highest BCUT2D eigenvalue weighted by Gasteiger charge is 2.02. The highest BCUT2D eigenvalue weighted by atomic mass is 14.8. The molecule has 0 saturated carbocycles. The van der Waals surface area contributed by atoms with Crippen molar-refractivity contribution in [3.63, 3.8) is 0 Å². The minimum Gasteiger partial charge on any atom is -0.394 e. The summed E-state index contributed by atoms with van der Waals surface area (Å²) in [7, 11) is 1.93. The Hall–Kier alpha value is -1.24. The fourth-order valence-corrected chi connectivity index (χ4v) is 1.73. The maximum atomic E-state index is 3.06. The fourth-order valence-electron chi connectivity index (χ4n) is 1.73. The zero-order valence-corrected chi connectivity index (χ0v) is 8.81. The van der Waals surface area contributed by atoms with Crippen LogP contribution in [0.25, 0.3) is 5.57 Å². The van der Waals surface area contributed by atoms with Gasteiger partial charge in [-0.1, -0.05) is 18.2 Å². The monoisotopic (exact) mass is 175 g/mol. The van der Waals surface area contributed by atoms with Crippen molar-refractivity contribution in [1.29, 1.82) is 0 Å². The molecule has 0 amide bonds.